The zero-order valence-corrected chi connectivity index (χ0v) is 12.6. The topological polar surface area (TPSA) is 55.8 Å². The van der Waals surface area contributed by atoms with Gasteiger partial charge in [-0.25, -0.2) is 4.79 Å². The van der Waals surface area contributed by atoms with Crippen molar-refractivity contribution in [2.45, 2.75) is 12.8 Å². The summed E-state index contributed by atoms with van der Waals surface area (Å²) >= 11 is 0. The third kappa shape index (κ3) is 4.33. The molecule has 0 unspecified atom stereocenters. The number of unbranched alkanes of at least 4 members (excludes halogenated alkanes) is 1. The fraction of sp³-hybridized carbons (Fsp3) is 0.278. The highest BCUT2D eigenvalue weighted by Crippen LogP contribution is 2.23. The van der Waals surface area contributed by atoms with Crippen LogP contribution in [0, 0.1) is 0 Å². The first-order chi connectivity index (χ1) is 10.7. The number of rotatable bonds is 7. The van der Waals surface area contributed by atoms with E-state index in [2.05, 4.69) is 4.74 Å². The molecule has 0 spiro atoms. The highest BCUT2D eigenvalue weighted by molar-refractivity contribution is 5.89. The molecule has 4 heteroatoms. The maximum absolute atomic E-state index is 11.4. The van der Waals surface area contributed by atoms with Gasteiger partial charge in [0.15, 0.2) is 0 Å². The highest BCUT2D eigenvalue weighted by atomic mass is 16.5. The van der Waals surface area contributed by atoms with E-state index >= 15 is 0 Å². The van der Waals surface area contributed by atoms with Crippen molar-refractivity contribution in [3.05, 3.63) is 54.1 Å². The van der Waals surface area contributed by atoms with Crippen molar-refractivity contribution in [3.8, 4) is 16.9 Å². The average Bonchev–Trinajstić information content (AvgIpc) is 2.59. The van der Waals surface area contributed by atoms with E-state index in [0.717, 1.165) is 29.7 Å². The van der Waals surface area contributed by atoms with E-state index in [4.69, 9.17) is 9.84 Å². The maximum atomic E-state index is 11.4. The molecule has 0 aromatic heterocycles. The maximum Gasteiger partial charge on any atom is 0.337 e. The summed E-state index contributed by atoms with van der Waals surface area (Å²) in [6.45, 7) is 0.803. The van der Waals surface area contributed by atoms with E-state index in [1.165, 1.54) is 7.11 Å². The van der Waals surface area contributed by atoms with Gasteiger partial charge in [0.25, 0.3) is 0 Å². The van der Waals surface area contributed by atoms with Gasteiger partial charge in [0.1, 0.15) is 5.75 Å². The van der Waals surface area contributed by atoms with E-state index in [9.17, 15) is 4.79 Å². The van der Waals surface area contributed by atoms with Crippen LogP contribution in [0.25, 0.3) is 11.1 Å². The van der Waals surface area contributed by atoms with Crippen LogP contribution >= 0.6 is 0 Å². The van der Waals surface area contributed by atoms with E-state index in [0.29, 0.717) is 12.2 Å². The molecule has 0 bridgehead atoms. The fourth-order valence-electron chi connectivity index (χ4n) is 2.06. The molecule has 0 saturated heterocycles. The van der Waals surface area contributed by atoms with E-state index in [-0.39, 0.29) is 12.6 Å². The molecule has 0 atom stereocenters. The SMILES string of the molecule is COC(=O)c1ccc(-c2ccc(OCCCCO)cc2)cc1. The molecule has 2 aromatic carbocycles. The van der Waals surface area contributed by atoms with Crippen LogP contribution in [-0.4, -0.2) is 31.4 Å². The van der Waals surface area contributed by atoms with Crippen molar-refractivity contribution >= 4 is 5.97 Å². The molecule has 2 rings (SSSR count). The second kappa shape index (κ2) is 8.20. The minimum Gasteiger partial charge on any atom is -0.494 e. The van der Waals surface area contributed by atoms with Gasteiger partial charge >= 0.3 is 5.97 Å². The molecule has 0 fully saturated rings. The Bertz CT molecular complexity index is 587. The van der Waals surface area contributed by atoms with Gasteiger partial charge in [-0.2, -0.15) is 0 Å². The molecule has 22 heavy (non-hydrogen) atoms. The van der Waals surface area contributed by atoms with Gasteiger partial charge in [0, 0.05) is 6.61 Å². The quantitative estimate of drug-likeness (QED) is 0.629. The molecule has 4 nitrogen and oxygen atoms in total. The fourth-order valence-corrected chi connectivity index (χ4v) is 2.06. The Morgan fingerprint density at radius 2 is 1.55 bits per heavy atom. The Morgan fingerprint density at radius 3 is 2.09 bits per heavy atom. The van der Waals surface area contributed by atoms with Crippen molar-refractivity contribution in [2.75, 3.05) is 20.3 Å². The molecular weight excluding hydrogens is 280 g/mol. The number of ether oxygens (including phenoxy) is 2. The average molecular weight is 300 g/mol. The highest BCUT2D eigenvalue weighted by Gasteiger charge is 2.05. The summed E-state index contributed by atoms with van der Waals surface area (Å²) in [5, 5.41) is 8.71. The van der Waals surface area contributed by atoms with Crippen molar-refractivity contribution in [1.29, 1.82) is 0 Å². The molecule has 1 N–H and O–H groups in total. The third-order valence-corrected chi connectivity index (χ3v) is 3.31. The first-order valence-electron chi connectivity index (χ1n) is 7.27. The lowest BCUT2D eigenvalue weighted by molar-refractivity contribution is 0.0601. The molecule has 0 aliphatic heterocycles. The number of methoxy groups -OCH3 is 1. The minimum atomic E-state index is -0.335. The summed E-state index contributed by atoms with van der Waals surface area (Å²) in [4.78, 5) is 11.4. The van der Waals surface area contributed by atoms with Gasteiger partial charge < -0.3 is 14.6 Å². The van der Waals surface area contributed by atoms with Crippen LogP contribution in [0.4, 0.5) is 0 Å². The lowest BCUT2D eigenvalue weighted by Gasteiger charge is -2.07. The molecule has 0 aliphatic rings. The zero-order chi connectivity index (χ0) is 15.8. The van der Waals surface area contributed by atoms with Gasteiger partial charge in [-0.3, -0.25) is 0 Å². The summed E-state index contributed by atoms with van der Waals surface area (Å²) < 4.78 is 10.3. The molecule has 0 saturated carbocycles. The van der Waals surface area contributed by atoms with Gasteiger partial charge in [-0.1, -0.05) is 24.3 Å². The molecular formula is C18H20O4. The predicted molar refractivity (Wildman–Crippen MR) is 85.0 cm³/mol. The molecule has 0 amide bonds. The molecule has 0 radical (unpaired) electrons. The number of carbonyl (C=O) groups excluding carboxylic acids is 1. The predicted octanol–water partition coefficient (Wildman–Crippen LogP) is 3.29. The number of hydrogen-bond donors (Lipinski definition) is 1. The Kier molecular flexibility index (Phi) is 5.98. The van der Waals surface area contributed by atoms with Crippen LogP contribution in [0.5, 0.6) is 5.75 Å². The molecule has 0 aliphatic carbocycles. The third-order valence-electron chi connectivity index (χ3n) is 3.31. The standard InChI is InChI=1S/C18H20O4/c1-21-18(20)16-6-4-14(5-7-16)15-8-10-17(11-9-15)22-13-3-2-12-19/h4-11,19H,2-3,12-13H2,1H3. The number of aliphatic hydroxyl groups is 1. The van der Waals surface area contributed by atoms with Gasteiger partial charge in [-0.05, 0) is 48.2 Å². The first kappa shape index (κ1) is 16.0. The Morgan fingerprint density at radius 1 is 0.955 bits per heavy atom. The Labute approximate surface area is 130 Å². The second-order valence-corrected chi connectivity index (χ2v) is 4.87. The van der Waals surface area contributed by atoms with E-state index in [1.54, 1.807) is 12.1 Å². The first-order valence-corrected chi connectivity index (χ1v) is 7.27. The van der Waals surface area contributed by atoms with Crippen molar-refractivity contribution < 1.29 is 19.4 Å². The molecule has 0 heterocycles. The summed E-state index contributed by atoms with van der Waals surface area (Å²) in [6, 6.07) is 15.1. The number of esters is 1. The van der Waals surface area contributed by atoms with Crippen LogP contribution in [0.2, 0.25) is 0 Å². The van der Waals surface area contributed by atoms with E-state index in [1.807, 2.05) is 36.4 Å². The summed E-state index contributed by atoms with van der Waals surface area (Å²) in [5.74, 6) is 0.478. The van der Waals surface area contributed by atoms with Crippen molar-refractivity contribution in [2.24, 2.45) is 0 Å². The molecule has 116 valence electrons. The summed E-state index contributed by atoms with van der Waals surface area (Å²) in [7, 11) is 1.37. The van der Waals surface area contributed by atoms with Gasteiger partial charge in [0.05, 0.1) is 19.3 Å². The molecule has 2 aromatic rings. The Balaban J connectivity index is 1.99. The smallest absolute Gasteiger partial charge is 0.337 e. The van der Waals surface area contributed by atoms with Gasteiger partial charge in [0.2, 0.25) is 0 Å². The minimum absolute atomic E-state index is 0.198. The second-order valence-electron chi connectivity index (χ2n) is 4.87. The lowest BCUT2D eigenvalue weighted by atomic mass is 10.0. The summed E-state index contributed by atoms with van der Waals surface area (Å²) in [6.07, 6.45) is 1.60. The number of hydrogen-bond acceptors (Lipinski definition) is 4. The van der Waals surface area contributed by atoms with Crippen molar-refractivity contribution in [3.63, 3.8) is 0 Å². The van der Waals surface area contributed by atoms with Crippen LogP contribution in [-0.2, 0) is 4.74 Å². The monoisotopic (exact) mass is 300 g/mol. The number of benzene rings is 2. The Hall–Kier alpha value is -2.33. The van der Waals surface area contributed by atoms with E-state index < -0.39 is 0 Å². The largest absolute Gasteiger partial charge is 0.494 e. The van der Waals surface area contributed by atoms with Gasteiger partial charge in [-0.15, -0.1) is 0 Å². The zero-order valence-electron chi connectivity index (χ0n) is 12.6. The van der Waals surface area contributed by atoms with Crippen LogP contribution in [0.1, 0.15) is 23.2 Å². The normalized spacial score (nSPS) is 10.3. The number of aliphatic hydroxyl groups excluding tert-OH is 1. The van der Waals surface area contributed by atoms with Crippen molar-refractivity contribution in [1.82, 2.24) is 0 Å². The van der Waals surface area contributed by atoms with Crippen LogP contribution in [0.15, 0.2) is 48.5 Å². The van der Waals surface area contributed by atoms with Crippen LogP contribution in [0.3, 0.4) is 0 Å². The lowest BCUT2D eigenvalue weighted by Crippen LogP contribution is -2.00. The van der Waals surface area contributed by atoms with Crippen LogP contribution < -0.4 is 4.74 Å². The summed E-state index contributed by atoms with van der Waals surface area (Å²) in [5.41, 5.74) is 2.62. The number of carbonyl (C=O) groups is 1.